The molecule has 2 heteroatoms. The molecule has 1 aliphatic carbocycles. The van der Waals surface area contributed by atoms with Gasteiger partial charge in [-0.1, -0.05) is 38.5 Å². The summed E-state index contributed by atoms with van der Waals surface area (Å²) in [6.07, 6.45) is 6.86. The molecule has 0 heterocycles. The molecular weight excluding hydrogens is 162 g/mol. The Morgan fingerprint density at radius 3 is 2.62 bits per heavy atom. The largest absolute Gasteiger partial charge is 0.366 e. The maximum atomic E-state index is 10.7. The molecule has 0 aliphatic heterocycles. The zero-order chi connectivity index (χ0) is 10.3. The number of carbonyl (C=O) groups is 1. The van der Waals surface area contributed by atoms with Gasteiger partial charge in [-0.3, -0.25) is 4.79 Å². The van der Waals surface area contributed by atoms with E-state index >= 15 is 0 Å². The van der Waals surface area contributed by atoms with E-state index in [2.05, 4.69) is 6.92 Å². The van der Waals surface area contributed by atoms with Gasteiger partial charge in [-0.15, -0.1) is 0 Å². The summed E-state index contributed by atoms with van der Waals surface area (Å²) in [6, 6.07) is 0. The molecule has 0 saturated heterocycles. The van der Waals surface area contributed by atoms with Crippen LogP contribution in [0.1, 0.15) is 40.0 Å². The SMILES string of the molecule is CC.CCC1=CC(C(N)=O)=CCC1. The minimum Gasteiger partial charge on any atom is -0.366 e. The number of carbonyl (C=O) groups excluding carboxylic acids is 1. The highest BCUT2D eigenvalue weighted by atomic mass is 16.1. The molecule has 1 aliphatic rings. The van der Waals surface area contributed by atoms with Crippen LogP contribution in [-0.4, -0.2) is 5.91 Å². The third-order valence-electron chi connectivity index (χ3n) is 1.93. The summed E-state index contributed by atoms with van der Waals surface area (Å²) in [5, 5.41) is 0. The normalized spacial score (nSPS) is 15.0. The number of hydrogen-bond donors (Lipinski definition) is 1. The van der Waals surface area contributed by atoms with Crippen molar-refractivity contribution in [3.05, 3.63) is 23.3 Å². The fourth-order valence-electron chi connectivity index (χ4n) is 1.21. The van der Waals surface area contributed by atoms with Crippen molar-refractivity contribution in [2.24, 2.45) is 5.73 Å². The van der Waals surface area contributed by atoms with E-state index in [-0.39, 0.29) is 5.91 Å². The number of amides is 1. The van der Waals surface area contributed by atoms with E-state index in [9.17, 15) is 4.79 Å². The number of primary amides is 1. The van der Waals surface area contributed by atoms with Crippen molar-refractivity contribution in [2.75, 3.05) is 0 Å². The highest BCUT2D eigenvalue weighted by Crippen LogP contribution is 2.18. The number of rotatable bonds is 2. The molecule has 0 aromatic heterocycles. The minimum atomic E-state index is -0.310. The van der Waals surface area contributed by atoms with Gasteiger partial charge in [0.2, 0.25) is 5.91 Å². The summed E-state index contributed by atoms with van der Waals surface area (Å²) in [5.41, 5.74) is 7.13. The molecule has 2 nitrogen and oxygen atoms in total. The average Bonchev–Trinajstić information content (AvgIpc) is 2.21. The molecule has 74 valence electrons. The van der Waals surface area contributed by atoms with Gasteiger partial charge in [0.1, 0.15) is 0 Å². The molecule has 13 heavy (non-hydrogen) atoms. The first-order valence-electron chi connectivity index (χ1n) is 4.93. The van der Waals surface area contributed by atoms with E-state index < -0.39 is 0 Å². The molecule has 2 N–H and O–H groups in total. The Labute approximate surface area is 80.5 Å². The molecule has 0 atom stereocenters. The molecule has 1 amide bonds. The van der Waals surface area contributed by atoms with Crippen LogP contribution in [0, 0.1) is 0 Å². The third-order valence-corrected chi connectivity index (χ3v) is 1.93. The lowest BCUT2D eigenvalue weighted by molar-refractivity contribution is -0.114. The predicted molar refractivity (Wildman–Crippen MR) is 56.2 cm³/mol. The zero-order valence-corrected chi connectivity index (χ0v) is 8.76. The fraction of sp³-hybridized carbons (Fsp3) is 0.545. The standard InChI is InChI=1S/C9H13NO.C2H6/c1-2-7-4-3-5-8(6-7)9(10)11;1-2/h5-6H,2-4H2,1H3,(H2,10,11);1-2H3. The van der Waals surface area contributed by atoms with Crippen LogP contribution < -0.4 is 5.73 Å². The molecule has 1 rings (SSSR count). The molecule has 0 spiro atoms. The van der Waals surface area contributed by atoms with E-state index in [1.165, 1.54) is 5.57 Å². The summed E-state index contributed by atoms with van der Waals surface area (Å²) >= 11 is 0. The topological polar surface area (TPSA) is 43.1 Å². The van der Waals surface area contributed by atoms with Crippen LogP contribution in [0.25, 0.3) is 0 Å². The van der Waals surface area contributed by atoms with Crippen LogP contribution in [-0.2, 0) is 4.79 Å². The highest BCUT2D eigenvalue weighted by Gasteiger charge is 2.07. The molecule has 0 aromatic carbocycles. The number of nitrogens with two attached hydrogens (primary N) is 1. The van der Waals surface area contributed by atoms with Crippen LogP contribution in [0.4, 0.5) is 0 Å². The van der Waals surface area contributed by atoms with Gasteiger partial charge in [0.25, 0.3) is 0 Å². The van der Waals surface area contributed by atoms with Crippen LogP contribution in [0.3, 0.4) is 0 Å². The van der Waals surface area contributed by atoms with E-state index in [0.717, 1.165) is 19.3 Å². The quantitative estimate of drug-likeness (QED) is 0.699. The van der Waals surface area contributed by atoms with Crippen LogP contribution in [0.2, 0.25) is 0 Å². The van der Waals surface area contributed by atoms with Crippen molar-refractivity contribution in [3.63, 3.8) is 0 Å². The Morgan fingerprint density at radius 2 is 2.15 bits per heavy atom. The lowest BCUT2D eigenvalue weighted by atomic mass is 9.97. The zero-order valence-electron chi connectivity index (χ0n) is 8.76. The van der Waals surface area contributed by atoms with Crippen molar-refractivity contribution in [1.82, 2.24) is 0 Å². The second-order valence-electron chi connectivity index (χ2n) is 2.72. The number of allylic oxidation sites excluding steroid dienone is 2. The molecular formula is C11H19NO. The Bertz CT molecular complexity index is 226. The van der Waals surface area contributed by atoms with Gasteiger partial charge in [-0.05, 0) is 19.3 Å². The third kappa shape index (κ3) is 3.92. The molecule has 0 bridgehead atoms. The van der Waals surface area contributed by atoms with E-state index in [1.54, 1.807) is 0 Å². The second kappa shape index (κ2) is 6.46. The van der Waals surface area contributed by atoms with Crippen LogP contribution in [0.15, 0.2) is 23.3 Å². The van der Waals surface area contributed by atoms with Crippen LogP contribution in [0.5, 0.6) is 0 Å². The second-order valence-corrected chi connectivity index (χ2v) is 2.72. The van der Waals surface area contributed by atoms with Crippen molar-refractivity contribution in [3.8, 4) is 0 Å². The summed E-state index contributed by atoms with van der Waals surface area (Å²) in [5.74, 6) is -0.310. The summed E-state index contributed by atoms with van der Waals surface area (Å²) < 4.78 is 0. The highest BCUT2D eigenvalue weighted by molar-refractivity contribution is 5.95. The Balaban J connectivity index is 0.000000671. The summed E-state index contributed by atoms with van der Waals surface area (Å²) in [7, 11) is 0. The monoisotopic (exact) mass is 181 g/mol. The lowest BCUT2D eigenvalue weighted by Gasteiger charge is -2.09. The average molecular weight is 181 g/mol. The van der Waals surface area contributed by atoms with Gasteiger partial charge in [-0.25, -0.2) is 0 Å². The lowest BCUT2D eigenvalue weighted by Crippen LogP contribution is -2.14. The van der Waals surface area contributed by atoms with Crippen LogP contribution >= 0.6 is 0 Å². The Morgan fingerprint density at radius 1 is 1.54 bits per heavy atom. The van der Waals surface area contributed by atoms with Gasteiger partial charge in [-0.2, -0.15) is 0 Å². The molecule has 0 unspecified atom stereocenters. The van der Waals surface area contributed by atoms with Crippen molar-refractivity contribution >= 4 is 5.91 Å². The van der Waals surface area contributed by atoms with Gasteiger partial charge in [0.15, 0.2) is 0 Å². The van der Waals surface area contributed by atoms with Crippen molar-refractivity contribution < 1.29 is 4.79 Å². The summed E-state index contributed by atoms with van der Waals surface area (Å²) in [6.45, 7) is 6.09. The maximum Gasteiger partial charge on any atom is 0.248 e. The minimum absolute atomic E-state index is 0.310. The van der Waals surface area contributed by atoms with Crippen molar-refractivity contribution in [2.45, 2.75) is 40.0 Å². The predicted octanol–water partition coefficient (Wildman–Crippen LogP) is 2.55. The first-order chi connectivity index (χ1) is 6.24. The Hall–Kier alpha value is -1.05. The van der Waals surface area contributed by atoms with Gasteiger partial charge >= 0.3 is 0 Å². The number of hydrogen-bond acceptors (Lipinski definition) is 1. The molecule has 0 radical (unpaired) electrons. The first kappa shape index (κ1) is 11.9. The summed E-state index contributed by atoms with van der Waals surface area (Å²) in [4.78, 5) is 10.7. The smallest absolute Gasteiger partial charge is 0.248 e. The van der Waals surface area contributed by atoms with E-state index in [4.69, 9.17) is 5.73 Å². The van der Waals surface area contributed by atoms with E-state index in [0.29, 0.717) is 5.57 Å². The van der Waals surface area contributed by atoms with Gasteiger partial charge in [0, 0.05) is 5.57 Å². The first-order valence-corrected chi connectivity index (χ1v) is 4.93. The van der Waals surface area contributed by atoms with Gasteiger partial charge < -0.3 is 5.73 Å². The van der Waals surface area contributed by atoms with Crippen molar-refractivity contribution in [1.29, 1.82) is 0 Å². The van der Waals surface area contributed by atoms with Gasteiger partial charge in [0.05, 0.1) is 0 Å². The van der Waals surface area contributed by atoms with E-state index in [1.807, 2.05) is 26.0 Å². The molecule has 0 saturated carbocycles. The fourth-order valence-corrected chi connectivity index (χ4v) is 1.21. The Kier molecular flexibility index (Phi) is 5.94. The molecule has 0 fully saturated rings. The maximum absolute atomic E-state index is 10.7. The molecule has 0 aromatic rings.